The second-order valence-electron chi connectivity index (χ2n) is 3.90. The van der Waals surface area contributed by atoms with Crippen molar-refractivity contribution >= 4 is 10.9 Å². The molecule has 15 heavy (non-hydrogen) atoms. The smallest absolute Gasteiger partial charge is 0.121 e. The van der Waals surface area contributed by atoms with Crippen molar-refractivity contribution < 1.29 is 4.74 Å². The van der Waals surface area contributed by atoms with Gasteiger partial charge in [0, 0.05) is 17.3 Å². The second-order valence-corrected chi connectivity index (χ2v) is 3.90. The standard InChI is InChI=1S/C13H17NO/c1-3-4-7-15-12-6-5-11-8-10(2)14-13(11)9-12/h5-6,8-9,14H,3-4,7H2,1-2H3. The Bertz CT molecular complexity index is 445. The van der Waals surface area contributed by atoms with Crippen LogP contribution < -0.4 is 4.74 Å². The van der Waals surface area contributed by atoms with E-state index in [1.807, 2.05) is 6.07 Å². The molecule has 2 nitrogen and oxygen atoms in total. The van der Waals surface area contributed by atoms with E-state index in [2.05, 4.69) is 37.0 Å². The fourth-order valence-corrected chi connectivity index (χ4v) is 1.68. The van der Waals surface area contributed by atoms with Gasteiger partial charge in [0.05, 0.1) is 6.61 Å². The minimum atomic E-state index is 0.807. The third kappa shape index (κ3) is 2.32. The summed E-state index contributed by atoms with van der Waals surface area (Å²) in [5, 5.41) is 1.25. The van der Waals surface area contributed by atoms with Crippen LogP contribution in [0.25, 0.3) is 10.9 Å². The Hall–Kier alpha value is -1.44. The molecule has 0 radical (unpaired) electrons. The number of unbranched alkanes of at least 4 members (excludes halogenated alkanes) is 1. The van der Waals surface area contributed by atoms with E-state index in [4.69, 9.17) is 4.74 Å². The van der Waals surface area contributed by atoms with Crippen molar-refractivity contribution in [3.05, 3.63) is 30.0 Å². The van der Waals surface area contributed by atoms with Gasteiger partial charge in [0.1, 0.15) is 5.75 Å². The predicted molar refractivity (Wildman–Crippen MR) is 63.4 cm³/mol. The van der Waals surface area contributed by atoms with Crippen LogP contribution in [-0.4, -0.2) is 11.6 Å². The summed E-state index contributed by atoms with van der Waals surface area (Å²) in [5.41, 5.74) is 2.34. The van der Waals surface area contributed by atoms with E-state index < -0.39 is 0 Å². The molecule has 0 unspecified atom stereocenters. The second kappa shape index (κ2) is 4.39. The number of aromatic nitrogens is 1. The lowest BCUT2D eigenvalue weighted by Gasteiger charge is -2.04. The van der Waals surface area contributed by atoms with Gasteiger partial charge in [0.25, 0.3) is 0 Å². The summed E-state index contributed by atoms with van der Waals surface area (Å²) in [6.45, 7) is 5.04. The molecule has 2 aromatic rings. The highest BCUT2D eigenvalue weighted by molar-refractivity contribution is 5.81. The van der Waals surface area contributed by atoms with Crippen LogP contribution in [0, 0.1) is 6.92 Å². The summed E-state index contributed by atoms with van der Waals surface area (Å²) in [6.07, 6.45) is 2.28. The number of ether oxygens (including phenoxy) is 1. The molecule has 0 aliphatic rings. The lowest BCUT2D eigenvalue weighted by molar-refractivity contribution is 0.310. The molecule has 0 saturated carbocycles. The predicted octanol–water partition coefficient (Wildman–Crippen LogP) is 3.66. The van der Waals surface area contributed by atoms with Gasteiger partial charge in [-0.15, -0.1) is 0 Å². The molecule has 80 valence electrons. The number of hydrogen-bond donors (Lipinski definition) is 1. The maximum absolute atomic E-state index is 5.64. The van der Waals surface area contributed by atoms with Crippen molar-refractivity contribution in [2.24, 2.45) is 0 Å². The van der Waals surface area contributed by atoms with E-state index in [1.165, 1.54) is 17.5 Å². The van der Waals surface area contributed by atoms with Gasteiger partial charge in [0.2, 0.25) is 0 Å². The van der Waals surface area contributed by atoms with Gasteiger partial charge in [0.15, 0.2) is 0 Å². The van der Waals surface area contributed by atoms with Crippen LogP contribution >= 0.6 is 0 Å². The first-order chi connectivity index (χ1) is 7.29. The van der Waals surface area contributed by atoms with E-state index in [1.54, 1.807) is 0 Å². The Kier molecular flexibility index (Phi) is 2.95. The molecule has 0 amide bonds. The summed E-state index contributed by atoms with van der Waals surface area (Å²) in [7, 11) is 0. The van der Waals surface area contributed by atoms with Crippen LogP contribution in [0.5, 0.6) is 5.75 Å². The lowest BCUT2D eigenvalue weighted by Crippen LogP contribution is -1.95. The van der Waals surface area contributed by atoms with Gasteiger partial charge in [-0.3, -0.25) is 0 Å². The van der Waals surface area contributed by atoms with Crippen molar-refractivity contribution in [1.29, 1.82) is 0 Å². The van der Waals surface area contributed by atoms with Gasteiger partial charge in [-0.2, -0.15) is 0 Å². The zero-order chi connectivity index (χ0) is 10.7. The van der Waals surface area contributed by atoms with Gasteiger partial charge in [-0.05, 0) is 36.9 Å². The molecule has 0 fully saturated rings. The molecule has 0 atom stereocenters. The number of fused-ring (bicyclic) bond motifs is 1. The van der Waals surface area contributed by atoms with Crippen LogP contribution in [0.2, 0.25) is 0 Å². The maximum Gasteiger partial charge on any atom is 0.121 e. The molecule has 1 N–H and O–H groups in total. The normalized spacial score (nSPS) is 10.8. The molecule has 1 aromatic carbocycles. The van der Waals surface area contributed by atoms with Gasteiger partial charge in [-0.1, -0.05) is 13.3 Å². The van der Waals surface area contributed by atoms with Crippen molar-refractivity contribution in [2.45, 2.75) is 26.7 Å². The molecule has 0 aliphatic carbocycles. The molecule has 0 bridgehead atoms. The maximum atomic E-state index is 5.64. The Morgan fingerprint density at radius 3 is 2.93 bits per heavy atom. The van der Waals surface area contributed by atoms with E-state index in [0.29, 0.717) is 0 Å². The van der Waals surface area contributed by atoms with Gasteiger partial charge in [-0.25, -0.2) is 0 Å². The van der Waals surface area contributed by atoms with Crippen LogP contribution in [0.4, 0.5) is 0 Å². The highest BCUT2D eigenvalue weighted by Gasteiger charge is 1.99. The van der Waals surface area contributed by atoms with Crippen molar-refractivity contribution in [3.63, 3.8) is 0 Å². The number of nitrogens with one attached hydrogen (secondary N) is 1. The number of rotatable bonds is 4. The number of aromatic amines is 1. The van der Waals surface area contributed by atoms with Crippen LogP contribution in [-0.2, 0) is 0 Å². The zero-order valence-electron chi connectivity index (χ0n) is 9.34. The summed E-state index contributed by atoms with van der Waals surface area (Å²) in [4.78, 5) is 3.31. The van der Waals surface area contributed by atoms with Gasteiger partial charge >= 0.3 is 0 Å². The highest BCUT2D eigenvalue weighted by Crippen LogP contribution is 2.21. The zero-order valence-corrected chi connectivity index (χ0v) is 9.34. The molecule has 2 rings (SSSR count). The first-order valence-corrected chi connectivity index (χ1v) is 5.52. The first-order valence-electron chi connectivity index (χ1n) is 5.52. The van der Waals surface area contributed by atoms with E-state index in [9.17, 15) is 0 Å². The minimum absolute atomic E-state index is 0.807. The molecule has 1 aromatic heterocycles. The van der Waals surface area contributed by atoms with Crippen molar-refractivity contribution in [1.82, 2.24) is 4.98 Å². The topological polar surface area (TPSA) is 25.0 Å². The highest BCUT2D eigenvalue weighted by atomic mass is 16.5. The largest absolute Gasteiger partial charge is 0.494 e. The summed E-state index contributed by atoms with van der Waals surface area (Å²) in [6, 6.07) is 8.34. The Morgan fingerprint density at radius 2 is 2.13 bits per heavy atom. The van der Waals surface area contributed by atoms with Crippen molar-refractivity contribution in [3.8, 4) is 5.75 Å². The Morgan fingerprint density at radius 1 is 1.27 bits per heavy atom. The Balaban J connectivity index is 2.15. The number of H-pyrrole nitrogens is 1. The van der Waals surface area contributed by atoms with E-state index in [0.717, 1.165) is 24.3 Å². The van der Waals surface area contributed by atoms with Crippen LogP contribution in [0.1, 0.15) is 25.5 Å². The molecular formula is C13H17NO. The molecule has 0 aliphatic heterocycles. The first kappa shape index (κ1) is 10.1. The molecular weight excluding hydrogens is 186 g/mol. The average molecular weight is 203 g/mol. The minimum Gasteiger partial charge on any atom is -0.494 e. The number of benzene rings is 1. The number of hydrogen-bond acceptors (Lipinski definition) is 1. The molecule has 0 spiro atoms. The third-order valence-corrected chi connectivity index (χ3v) is 2.50. The molecule has 0 saturated heterocycles. The quantitative estimate of drug-likeness (QED) is 0.754. The monoisotopic (exact) mass is 203 g/mol. The lowest BCUT2D eigenvalue weighted by atomic mass is 10.2. The average Bonchev–Trinajstić information content (AvgIpc) is 2.57. The van der Waals surface area contributed by atoms with Crippen LogP contribution in [0.3, 0.4) is 0 Å². The number of aryl methyl sites for hydroxylation is 1. The summed E-state index contributed by atoms with van der Waals surface area (Å²) < 4.78 is 5.64. The molecule has 1 heterocycles. The van der Waals surface area contributed by atoms with E-state index in [-0.39, 0.29) is 0 Å². The third-order valence-electron chi connectivity index (χ3n) is 2.50. The summed E-state index contributed by atoms with van der Waals surface area (Å²) in [5.74, 6) is 0.956. The Labute approximate surface area is 90.3 Å². The molecule has 2 heteroatoms. The fourth-order valence-electron chi connectivity index (χ4n) is 1.68. The fraction of sp³-hybridized carbons (Fsp3) is 0.385. The van der Waals surface area contributed by atoms with Gasteiger partial charge < -0.3 is 9.72 Å². The summed E-state index contributed by atoms with van der Waals surface area (Å²) >= 11 is 0. The SMILES string of the molecule is CCCCOc1ccc2cc(C)[nH]c2c1. The van der Waals surface area contributed by atoms with Crippen LogP contribution in [0.15, 0.2) is 24.3 Å². The van der Waals surface area contributed by atoms with Crippen molar-refractivity contribution in [2.75, 3.05) is 6.61 Å². The van der Waals surface area contributed by atoms with E-state index >= 15 is 0 Å².